The first-order chi connectivity index (χ1) is 4.83. The van der Waals surface area contributed by atoms with E-state index in [4.69, 9.17) is 0 Å². The van der Waals surface area contributed by atoms with Gasteiger partial charge in [0.15, 0.2) is 0 Å². The Morgan fingerprint density at radius 3 is 1.09 bits per heavy atom. The minimum atomic E-state index is 0. The first-order valence-electron chi connectivity index (χ1n) is 3.99. The molecule has 0 aromatic carbocycles. The minimum Gasteiger partial charge on any atom is -0.854 e. The van der Waals surface area contributed by atoms with Gasteiger partial charge in [0, 0.05) is 0 Å². The molecular weight excluding hydrogens is 193 g/mol. The Labute approximate surface area is 82.8 Å². The molecule has 0 aromatic rings. The van der Waals surface area contributed by atoms with Gasteiger partial charge in [-0.3, -0.25) is 0 Å². The summed E-state index contributed by atoms with van der Waals surface area (Å²) < 4.78 is 0. The summed E-state index contributed by atoms with van der Waals surface area (Å²) in [6, 6.07) is 0. The van der Waals surface area contributed by atoms with Crippen LogP contribution in [0.3, 0.4) is 0 Å². The van der Waals surface area contributed by atoms with Gasteiger partial charge in [0.25, 0.3) is 0 Å². The average molecular weight is 212 g/mol. The SMILES string of the molecule is CCCC[O-].CCCC[O-].[Zn+2]. The van der Waals surface area contributed by atoms with Crippen LogP contribution in [0, 0.1) is 0 Å². The zero-order chi connectivity index (χ0) is 8.24. The van der Waals surface area contributed by atoms with E-state index in [0.29, 0.717) is 0 Å². The smallest absolute Gasteiger partial charge is 0.854 e. The molecule has 0 aliphatic heterocycles. The summed E-state index contributed by atoms with van der Waals surface area (Å²) in [5, 5.41) is 19.1. The van der Waals surface area contributed by atoms with Gasteiger partial charge in [-0.15, -0.1) is 13.2 Å². The Balaban J connectivity index is -0.000000107. The second kappa shape index (κ2) is 22.4. The van der Waals surface area contributed by atoms with Gasteiger partial charge in [0.1, 0.15) is 0 Å². The van der Waals surface area contributed by atoms with Gasteiger partial charge in [0.2, 0.25) is 0 Å². The predicted molar refractivity (Wildman–Crippen MR) is 39.6 cm³/mol. The molecule has 0 aliphatic carbocycles. The van der Waals surface area contributed by atoms with Crippen molar-refractivity contribution in [3.8, 4) is 0 Å². The van der Waals surface area contributed by atoms with Gasteiger partial charge in [-0.2, -0.15) is 0 Å². The van der Waals surface area contributed by atoms with Crippen molar-refractivity contribution in [2.24, 2.45) is 0 Å². The van der Waals surface area contributed by atoms with Crippen LogP contribution in [0.4, 0.5) is 0 Å². The Hall–Kier alpha value is 0.543. The third-order valence-corrected chi connectivity index (χ3v) is 0.996. The van der Waals surface area contributed by atoms with Crippen molar-refractivity contribution in [3.05, 3.63) is 0 Å². The standard InChI is InChI=1S/2C4H9O.Zn/c2*1-2-3-4-5;/h2*2-4H2,1H3;/q2*-1;+2. The second-order valence-electron chi connectivity index (χ2n) is 2.12. The van der Waals surface area contributed by atoms with Crippen molar-refractivity contribution in [1.29, 1.82) is 0 Å². The van der Waals surface area contributed by atoms with Gasteiger partial charge in [-0.05, 0) is 0 Å². The molecule has 64 valence electrons. The largest absolute Gasteiger partial charge is 2.00 e. The molecule has 0 N–H and O–H groups in total. The van der Waals surface area contributed by atoms with Gasteiger partial charge < -0.3 is 10.2 Å². The van der Waals surface area contributed by atoms with Crippen LogP contribution < -0.4 is 10.2 Å². The molecule has 0 aliphatic rings. The number of hydrogen-bond acceptors (Lipinski definition) is 2. The fraction of sp³-hybridized carbons (Fsp3) is 1.00. The van der Waals surface area contributed by atoms with E-state index in [1.165, 1.54) is 0 Å². The summed E-state index contributed by atoms with van der Waals surface area (Å²) in [6.07, 6.45) is 3.73. The van der Waals surface area contributed by atoms with E-state index in [2.05, 4.69) is 0 Å². The molecular formula is C8H18O2Zn. The van der Waals surface area contributed by atoms with Crippen molar-refractivity contribution >= 4 is 0 Å². The summed E-state index contributed by atoms with van der Waals surface area (Å²) in [5.41, 5.74) is 0. The van der Waals surface area contributed by atoms with E-state index in [0.717, 1.165) is 25.7 Å². The monoisotopic (exact) mass is 210 g/mol. The molecule has 3 heteroatoms. The summed E-state index contributed by atoms with van der Waals surface area (Å²) in [7, 11) is 0. The molecule has 0 amide bonds. The van der Waals surface area contributed by atoms with Crippen molar-refractivity contribution in [2.75, 3.05) is 13.2 Å². The molecule has 0 bridgehead atoms. The zero-order valence-electron chi connectivity index (χ0n) is 7.77. The molecule has 2 nitrogen and oxygen atoms in total. The van der Waals surface area contributed by atoms with Gasteiger partial charge >= 0.3 is 19.5 Å². The van der Waals surface area contributed by atoms with E-state index in [9.17, 15) is 10.2 Å². The first kappa shape index (κ1) is 17.6. The first-order valence-corrected chi connectivity index (χ1v) is 3.99. The topological polar surface area (TPSA) is 46.1 Å². The van der Waals surface area contributed by atoms with E-state index < -0.39 is 0 Å². The molecule has 0 rings (SSSR count). The van der Waals surface area contributed by atoms with Gasteiger partial charge in [0.05, 0.1) is 0 Å². The van der Waals surface area contributed by atoms with Crippen molar-refractivity contribution in [3.63, 3.8) is 0 Å². The quantitative estimate of drug-likeness (QED) is 0.628. The fourth-order valence-electron chi connectivity index (χ4n) is 0.289. The van der Waals surface area contributed by atoms with Gasteiger partial charge in [-0.1, -0.05) is 39.5 Å². The molecule has 11 heavy (non-hydrogen) atoms. The maximum absolute atomic E-state index is 9.53. The summed E-state index contributed by atoms with van der Waals surface area (Å²) in [6.45, 7) is 4.21. The summed E-state index contributed by atoms with van der Waals surface area (Å²) in [4.78, 5) is 0. The maximum atomic E-state index is 9.53. The maximum Gasteiger partial charge on any atom is 2.00 e. The molecule has 0 saturated carbocycles. The molecule has 0 unspecified atom stereocenters. The van der Waals surface area contributed by atoms with Crippen LogP contribution in [-0.2, 0) is 19.5 Å². The Kier molecular flexibility index (Phi) is 35.8. The van der Waals surface area contributed by atoms with Crippen LogP contribution in [0.2, 0.25) is 0 Å². The Morgan fingerprint density at radius 1 is 0.818 bits per heavy atom. The molecule has 0 fully saturated rings. The normalized spacial score (nSPS) is 7.64. The van der Waals surface area contributed by atoms with Crippen molar-refractivity contribution in [2.45, 2.75) is 39.5 Å². The van der Waals surface area contributed by atoms with E-state index >= 15 is 0 Å². The fourth-order valence-corrected chi connectivity index (χ4v) is 0.289. The second-order valence-corrected chi connectivity index (χ2v) is 2.12. The number of rotatable bonds is 4. The minimum absolute atomic E-state index is 0. The number of unbranched alkanes of at least 4 members (excludes halogenated alkanes) is 2. The van der Waals surface area contributed by atoms with E-state index in [1.807, 2.05) is 13.8 Å². The number of hydrogen-bond donors (Lipinski definition) is 0. The van der Waals surface area contributed by atoms with Crippen LogP contribution in [-0.4, -0.2) is 13.2 Å². The van der Waals surface area contributed by atoms with Gasteiger partial charge in [-0.25, -0.2) is 0 Å². The Morgan fingerprint density at radius 2 is 1.09 bits per heavy atom. The van der Waals surface area contributed by atoms with Crippen LogP contribution >= 0.6 is 0 Å². The summed E-state index contributed by atoms with van der Waals surface area (Å²) >= 11 is 0. The molecule has 0 saturated heterocycles. The zero-order valence-corrected chi connectivity index (χ0v) is 10.7. The average Bonchev–Trinajstić information content (AvgIpc) is 1.93. The Bertz CT molecular complexity index is 33.1. The van der Waals surface area contributed by atoms with E-state index in [-0.39, 0.29) is 32.7 Å². The third kappa shape index (κ3) is 37.3. The molecule has 0 aromatic heterocycles. The van der Waals surface area contributed by atoms with Crippen LogP contribution in [0.5, 0.6) is 0 Å². The molecule has 0 radical (unpaired) electrons. The van der Waals surface area contributed by atoms with Crippen LogP contribution in [0.1, 0.15) is 39.5 Å². The summed E-state index contributed by atoms with van der Waals surface area (Å²) in [5.74, 6) is 0. The van der Waals surface area contributed by atoms with E-state index in [1.54, 1.807) is 0 Å². The molecule has 0 heterocycles. The van der Waals surface area contributed by atoms with Crippen molar-refractivity contribution in [1.82, 2.24) is 0 Å². The predicted octanol–water partition coefficient (Wildman–Crippen LogP) is 0.291. The molecule has 0 spiro atoms. The third-order valence-electron chi connectivity index (χ3n) is 0.996. The van der Waals surface area contributed by atoms with Crippen LogP contribution in [0.25, 0.3) is 0 Å². The van der Waals surface area contributed by atoms with Crippen molar-refractivity contribution < 1.29 is 29.7 Å². The molecule has 0 atom stereocenters. The van der Waals surface area contributed by atoms with Crippen LogP contribution in [0.15, 0.2) is 0 Å².